The summed E-state index contributed by atoms with van der Waals surface area (Å²) in [4.78, 5) is 0. The molecule has 0 saturated heterocycles. The minimum Gasteiger partial charge on any atom is -0.395 e. The fourth-order valence-corrected chi connectivity index (χ4v) is 7.24. The molecule has 0 fully saturated rings. The summed E-state index contributed by atoms with van der Waals surface area (Å²) in [5.74, 6) is 22.3. The fraction of sp³-hybridized carbons (Fsp3) is 0.900. The van der Waals surface area contributed by atoms with Gasteiger partial charge in [0.1, 0.15) is 0 Å². The predicted molar refractivity (Wildman–Crippen MR) is 312 cm³/mol. The van der Waals surface area contributed by atoms with Crippen molar-refractivity contribution >= 4 is 0 Å². The van der Waals surface area contributed by atoms with E-state index in [1.54, 1.807) is 0 Å². The van der Waals surface area contributed by atoms with Crippen LogP contribution in [-0.2, 0) is 0 Å². The average molecular weight is 956 g/mol. The molecule has 0 aliphatic carbocycles. The number of aliphatic hydroxyl groups is 6. The highest BCUT2D eigenvalue weighted by atomic mass is 16.3. The van der Waals surface area contributed by atoms with E-state index < -0.39 is 0 Å². The second-order valence-corrected chi connectivity index (χ2v) is 20.7. The van der Waals surface area contributed by atoms with Crippen LogP contribution in [0.2, 0.25) is 0 Å². The largest absolute Gasteiger partial charge is 0.395 e. The van der Waals surface area contributed by atoms with Crippen LogP contribution in [0.1, 0.15) is 252 Å². The molecule has 0 aromatic carbocycles. The topological polar surface area (TPSA) is 121 Å². The van der Waals surface area contributed by atoms with E-state index in [-0.39, 0.29) is 161 Å². The Kier molecular flexibility index (Phi) is 80.1. The van der Waals surface area contributed by atoms with Crippen LogP contribution in [0.15, 0.2) is 0 Å². The van der Waals surface area contributed by atoms with E-state index in [4.69, 9.17) is 0 Å². The van der Waals surface area contributed by atoms with E-state index in [1.807, 2.05) is 41.5 Å². The molecular weight excluding hydrogens is 817 g/mol. The lowest BCUT2D eigenvalue weighted by atomic mass is 9.79. The Balaban J connectivity index is -0.0000000417. The molecule has 0 aromatic rings. The van der Waals surface area contributed by atoms with Crippen molar-refractivity contribution in [1.29, 1.82) is 0 Å². The van der Waals surface area contributed by atoms with E-state index >= 15 is 0 Å². The van der Waals surface area contributed by atoms with Gasteiger partial charge in [0.15, 0.2) is 0 Å². The van der Waals surface area contributed by atoms with E-state index in [1.165, 1.54) is 0 Å². The first-order chi connectivity index (χ1) is 24.5. The molecule has 6 unspecified atom stereocenters. The fourth-order valence-electron chi connectivity index (χ4n) is 7.24. The molecular formula is C60H138O6. The Hall–Kier alpha value is -1.56. The average Bonchev–Trinajstić information content (AvgIpc) is 3.04. The molecule has 0 aliphatic rings. The first kappa shape index (κ1) is 106. The first-order valence-corrected chi connectivity index (χ1v) is 20.8. The molecule has 0 amide bonds. The summed E-state index contributed by atoms with van der Waals surface area (Å²) in [7, 11) is 0. The van der Waals surface area contributed by atoms with Gasteiger partial charge in [-0.3, -0.25) is 0 Å². The highest BCUT2D eigenvalue weighted by Crippen LogP contribution is 2.31. The van der Waals surface area contributed by atoms with E-state index in [0.29, 0.717) is 35.5 Å². The van der Waals surface area contributed by atoms with Crippen molar-refractivity contribution in [2.45, 2.75) is 252 Å². The Morgan fingerprint density at radius 3 is 0.348 bits per heavy atom. The van der Waals surface area contributed by atoms with Gasteiger partial charge in [-0.05, 0) is 116 Å². The molecule has 0 radical (unpaired) electrons. The van der Waals surface area contributed by atoms with Gasteiger partial charge in [0, 0.05) is 0 Å². The quantitative estimate of drug-likeness (QED) is 0.0761. The predicted octanol–water partition coefficient (Wildman–Crippen LogP) is 16.9. The third kappa shape index (κ3) is 51.8. The molecule has 0 heterocycles. The maximum atomic E-state index is 9.52. The van der Waals surface area contributed by atoms with E-state index in [2.05, 4.69) is 119 Å². The van der Waals surface area contributed by atoms with Crippen LogP contribution < -0.4 is 0 Å². The number of aliphatic hydroxyl groups excluding tert-OH is 6. The van der Waals surface area contributed by atoms with Gasteiger partial charge in [-0.25, -0.2) is 0 Å². The Labute approximate surface area is 424 Å². The van der Waals surface area contributed by atoms with Crippen LogP contribution in [0.3, 0.4) is 0 Å². The van der Waals surface area contributed by atoms with Crippen LogP contribution >= 0.6 is 0 Å². The molecule has 0 spiro atoms. The summed E-state index contributed by atoms with van der Waals surface area (Å²) in [5, 5.41) is 57.1. The number of hydrogen-bond donors (Lipinski definition) is 6. The second kappa shape index (κ2) is 49.8. The van der Waals surface area contributed by atoms with Crippen molar-refractivity contribution in [1.82, 2.24) is 0 Å². The van der Waals surface area contributed by atoms with Crippen LogP contribution in [0.5, 0.6) is 0 Å². The molecule has 0 aliphatic heterocycles. The summed E-state index contributed by atoms with van der Waals surface area (Å²) in [6.07, 6.45) is 5.25. The molecule has 414 valence electrons. The zero-order chi connectivity index (χ0) is 43.2. The molecule has 66 heavy (non-hydrogen) atoms. The van der Waals surface area contributed by atoms with Gasteiger partial charge in [0.25, 0.3) is 0 Å². The highest BCUT2D eigenvalue weighted by Gasteiger charge is 2.28. The van der Waals surface area contributed by atoms with Crippen LogP contribution in [0, 0.1) is 104 Å². The maximum Gasteiger partial charge on any atom is 0.0594 e. The monoisotopic (exact) mass is 955 g/mol. The van der Waals surface area contributed by atoms with Crippen LogP contribution in [0.4, 0.5) is 0 Å². The molecule has 6 nitrogen and oxygen atoms in total. The Morgan fingerprint density at radius 1 is 0.227 bits per heavy atom. The molecule has 6 heteroatoms. The van der Waals surface area contributed by atoms with Crippen molar-refractivity contribution < 1.29 is 30.6 Å². The van der Waals surface area contributed by atoms with Gasteiger partial charge in [0.05, 0.1) is 72.1 Å². The standard InChI is InChI=1S/3C16H30O2.12CH4/c3*1-13(2)9-15(5,11-17)7-8-16(6,12-18)10-14(3)4;;;;;;;;;;;;/h3*13-14,17-18H,9-12H2,1-6H3;12*1H4. The molecule has 0 bridgehead atoms. The van der Waals surface area contributed by atoms with Crippen molar-refractivity contribution in [3.63, 3.8) is 0 Å². The zero-order valence-electron chi connectivity index (χ0n) is 38.6. The normalized spacial score (nSPS) is 14.8. The molecule has 0 saturated carbocycles. The summed E-state index contributed by atoms with van der Waals surface area (Å²) in [6.45, 7) is 38.0. The summed E-state index contributed by atoms with van der Waals surface area (Å²) in [6, 6.07) is 0. The van der Waals surface area contributed by atoms with Gasteiger partial charge in [-0.15, -0.1) is 0 Å². The minimum absolute atomic E-state index is 0. The van der Waals surface area contributed by atoms with E-state index in [9.17, 15) is 30.6 Å². The Bertz CT molecular complexity index is 959. The van der Waals surface area contributed by atoms with Crippen LogP contribution in [-0.4, -0.2) is 70.3 Å². The lowest BCUT2D eigenvalue weighted by molar-refractivity contribution is 0.160. The van der Waals surface area contributed by atoms with Gasteiger partial charge in [0.2, 0.25) is 0 Å². The van der Waals surface area contributed by atoms with E-state index in [0.717, 1.165) is 38.5 Å². The maximum absolute atomic E-state index is 9.52. The van der Waals surface area contributed by atoms with Crippen molar-refractivity contribution in [2.24, 2.45) is 68.0 Å². The summed E-state index contributed by atoms with van der Waals surface area (Å²) < 4.78 is 0. The van der Waals surface area contributed by atoms with Gasteiger partial charge in [-0.1, -0.05) is 208 Å². The van der Waals surface area contributed by atoms with Crippen LogP contribution in [0.25, 0.3) is 0 Å². The number of hydrogen-bond acceptors (Lipinski definition) is 6. The first-order valence-electron chi connectivity index (χ1n) is 20.8. The van der Waals surface area contributed by atoms with Gasteiger partial charge < -0.3 is 30.6 Å². The molecule has 0 aromatic heterocycles. The summed E-state index contributed by atoms with van der Waals surface area (Å²) in [5.41, 5.74) is -2.16. The highest BCUT2D eigenvalue weighted by molar-refractivity contribution is 5.19. The molecule has 0 rings (SSSR count). The zero-order valence-corrected chi connectivity index (χ0v) is 38.6. The van der Waals surface area contributed by atoms with Crippen molar-refractivity contribution in [2.75, 3.05) is 39.6 Å². The smallest absolute Gasteiger partial charge is 0.0594 e. The lowest BCUT2D eigenvalue weighted by Gasteiger charge is -2.26. The van der Waals surface area contributed by atoms with Crippen molar-refractivity contribution in [3.8, 4) is 35.5 Å². The Morgan fingerprint density at radius 2 is 0.303 bits per heavy atom. The molecule has 6 atom stereocenters. The lowest BCUT2D eigenvalue weighted by Crippen LogP contribution is -2.25. The van der Waals surface area contributed by atoms with Gasteiger partial charge >= 0.3 is 0 Å². The minimum atomic E-state index is -0.360. The third-order valence-electron chi connectivity index (χ3n) is 9.24. The summed E-state index contributed by atoms with van der Waals surface area (Å²) >= 11 is 0. The van der Waals surface area contributed by atoms with Crippen molar-refractivity contribution in [3.05, 3.63) is 0 Å². The SMILES string of the molecule is C.C.C.C.C.C.C.C.C.C.C.C.CC(C)CC(C)(C#CC(C)(CO)CC(C)C)CO.CC(C)CC(C)(C#CC(C)(CO)CC(C)C)CO.CC(C)CC(C)(C#CC(C)(CO)CC(C)C)CO. The second-order valence-electron chi connectivity index (χ2n) is 20.7. The third-order valence-corrected chi connectivity index (χ3v) is 9.24. The number of rotatable bonds is 18. The molecule has 6 N–H and O–H groups in total. The van der Waals surface area contributed by atoms with Gasteiger partial charge in [-0.2, -0.15) is 0 Å².